The molecule has 24 heavy (non-hydrogen) atoms. The highest BCUT2D eigenvalue weighted by Crippen LogP contribution is 2.42. The molecule has 0 N–H and O–H groups in total. The summed E-state index contributed by atoms with van der Waals surface area (Å²) in [6.07, 6.45) is 3.28. The van der Waals surface area contributed by atoms with Crippen LogP contribution >= 0.6 is 69.6 Å². The van der Waals surface area contributed by atoms with Gasteiger partial charge in [-0.3, -0.25) is 4.98 Å². The van der Waals surface area contributed by atoms with Crippen molar-refractivity contribution in [3.63, 3.8) is 0 Å². The molecule has 0 saturated heterocycles. The number of hydrogen-bond donors (Lipinski definition) is 0. The smallest absolute Gasteiger partial charge is 0.0686 e. The molecule has 0 fully saturated rings. The first-order valence-corrected chi connectivity index (χ1v) is 8.89. The standard InChI is InChI=1S/C17H7Cl6N/c18-10-1-3-12(20)16(22)14(10)8-5-9(7-24-6-8)15-11(19)2-4-13(21)17(15)23/h1-7H. The molecule has 122 valence electrons. The Labute approximate surface area is 169 Å². The number of nitrogens with zero attached hydrogens (tertiary/aromatic N) is 1. The van der Waals surface area contributed by atoms with Gasteiger partial charge in [-0.25, -0.2) is 0 Å². The molecule has 3 aromatic rings. The van der Waals surface area contributed by atoms with Crippen LogP contribution in [0.4, 0.5) is 0 Å². The van der Waals surface area contributed by atoms with Crippen molar-refractivity contribution in [2.45, 2.75) is 0 Å². The average molecular weight is 438 g/mol. The van der Waals surface area contributed by atoms with Crippen molar-refractivity contribution >= 4 is 69.6 Å². The summed E-state index contributed by atoms with van der Waals surface area (Å²) < 4.78 is 0. The molecular formula is C17H7Cl6N. The molecule has 0 aliphatic carbocycles. The van der Waals surface area contributed by atoms with Crippen LogP contribution in [0.1, 0.15) is 0 Å². The molecular weight excluding hydrogens is 431 g/mol. The Morgan fingerprint density at radius 3 is 1.33 bits per heavy atom. The Morgan fingerprint density at radius 1 is 0.542 bits per heavy atom. The maximum Gasteiger partial charge on any atom is 0.0686 e. The van der Waals surface area contributed by atoms with E-state index < -0.39 is 0 Å². The van der Waals surface area contributed by atoms with Crippen LogP contribution in [0.5, 0.6) is 0 Å². The monoisotopic (exact) mass is 435 g/mol. The zero-order chi connectivity index (χ0) is 17.4. The number of hydrogen-bond acceptors (Lipinski definition) is 1. The van der Waals surface area contributed by atoms with Crippen molar-refractivity contribution < 1.29 is 0 Å². The fourth-order valence-corrected chi connectivity index (χ4v) is 3.79. The summed E-state index contributed by atoms with van der Waals surface area (Å²) in [5.41, 5.74) is 2.57. The van der Waals surface area contributed by atoms with Crippen LogP contribution < -0.4 is 0 Å². The van der Waals surface area contributed by atoms with Gasteiger partial charge in [-0.05, 0) is 30.3 Å². The molecule has 1 heterocycles. The van der Waals surface area contributed by atoms with Gasteiger partial charge >= 0.3 is 0 Å². The Balaban J connectivity index is 2.23. The summed E-state index contributed by atoms with van der Waals surface area (Å²) in [5, 5.41) is 2.44. The van der Waals surface area contributed by atoms with E-state index in [0.29, 0.717) is 52.4 Å². The molecule has 2 aromatic carbocycles. The summed E-state index contributed by atoms with van der Waals surface area (Å²) >= 11 is 37.3. The molecule has 0 aliphatic rings. The number of halogens is 6. The molecule has 7 heteroatoms. The van der Waals surface area contributed by atoms with E-state index in [4.69, 9.17) is 69.6 Å². The SMILES string of the molecule is Clc1ccc(Cl)c(-c2cncc(-c3c(Cl)ccc(Cl)c3Cl)c2)c1Cl. The van der Waals surface area contributed by atoms with E-state index in [1.807, 2.05) is 6.07 Å². The minimum Gasteiger partial charge on any atom is -0.263 e. The van der Waals surface area contributed by atoms with E-state index in [1.54, 1.807) is 36.7 Å². The van der Waals surface area contributed by atoms with Gasteiger partial charge in [-0.2, -0.15) is 0 Å². The molecule has 0 atom stereocenters. The van der Waals surface area contributed by atoms with E-state index >= 15 is 0 Å². The van der Waals surface area contributed by atoms with Crippen molar-refractivity contribution in [1.82, 2.24) is 4.98 Å². The number of aromatic nitrogens is 1. The van der Waals surface area contributed by atoms with Gasteiger partial charge in [0.2, 0.25) is 0 Å². The highest BCUT2D eigenvalue weighted by atomic mass is 35.5. The van der Waals surface area contributed by atoms with Gasteiger partial charge in [0.15, 0.2) is 0 Å². The molecule has 0 saturated carbocycles. The van der Waals surface area contributed by atoms with Gasteiger partial charge in [0.1, 0.15) is 0 Å². The second kappa shape index (κ2) is 7.29. The fraction of sp³-hybridized carbons (Fsp3) is 0. The summed E-state index contributed by atoms with van der Waals surface area (Å²) in [7, 11) is 0. The first-order chi connectivity index (χ1) is 11.4. The second-order valence-electron chi connectivity index (χ2n) is 4.90. The highest BCUT2D eigenvalue weighted by molar-refractivity contribution is 6.47. The minimum atomic E-state index is 0.353. The lowest BCUT2D eigenvalue weighted by Crippen LogP contribution is -1.89. The van der Waals surface area contributed by atoms with Crippen LogP contribution in [0.2, 0.25) is 30.1 Å². The molecule has 1 nitrogen and oxygen atoms in total. The predicted molar refractivity (Wildman–Crippen MR) is 105 cm³/mol. The van der Waals surface area contributed by atoms with Crippen LogP contribution in [0.3, 0.4) is 0 Å². The van der Waals surface area contributed by atoms with Gasteiger partial charge in [0.05, 0.1) is 30.1 Å². The Bertz CT molecular complexity index is 866. The maximum atomic E-state index is 6.30. The van der Waals surface area contributed by atoms with Crippen LogP contribution in [-0.2, 0) is 0 Å². The van der Waals surface area contributed by atoms with E-state index in [2.05, 4.69) is 4.98 Å². The van der Waals surface area contributed by atoms with Gasteiger partial charge in [-0.1, -0.05) is 69.6 Å². The number of rotatable bonds is 2. The molecule has 1 aromatic heterocycles. The lowest BCUT2D eigenvalue weighted by molar-refractivity contribution is 1.33. The maximum absolute atomic E-state index is 6.30. The van der Waals surface area contributed by atoms with Crippen molar-refractivity contribution in [2.24, 2.45) is 0 Å². The molecule has 0 unspecified atom stereocenters. The normalized spacial score (nSPS) is 10.9. The van der Waals surface area contributed by atoms with Crippen LogP contribution in [-0.4, -0.2) is 4.98 Å². The summed E-state index contributed by atoms with van der Waals surface area (Å²) in [6, 6.07) is 8.46. The molecule has 0 amide bonds. The quantitative estimate of drug-likeness (QED) is 0.367. The van der Waals surface area contributed by atoms with Gasteiger partial charge in [0.25, 0.3) is 0 Å². The van der Waals surface area contributed by atoms with E-state index in [0.717, 1.165) is 0 Å². The minimum absolute atomic E-state index is 0.353. The highest BCUT2D eigenvalue weighted by Gasteiger charge is 2.16. The van der Waals surface area contributed by atoms with Gasteiger partial charge in [-0.15, -0.1) is 0 Å². The third-order valence-corrected chi connectivity index (χ3v) is 5.64. The Hall–Kier alpha value is -0.670. The largest absolute Gasteiger partial charge is 0.263 e. The summed E-state index contributed by atoms with van der Waals surface area (Å²) in [6.45, 7) is 0. The van der Waals surface area contributed by atoms with Crippen molar-refractivity contribution in [2.75, 3.05) is 0 Å². The Kier molecular flexibility index (Phi) is 5.51. The first-order valence-electron chi connectivity index (χ1n) is 6.63. The van der Waals surface area contributed by atoms with Gasteiger partial charge in [0, 0.05) is 34.6 Å². The Morgan fingerprint density at radius 2 is 0.917 bits per heavy atom. The molecule has 0 radical (unpaired) electrons. The number of pyridine rings is 1. The third kappa shape index (κ3) is 3.35. The number of benzene rings is 2. The van der Waals surface area contributed by atoms with Crippen molar-refractivity contribution in [3.8, 4) is 22.3 Å². The zero-order valence-electron chi connectivity index (χ0n) is 11.8. The van der Waals surface area contributed by atoms with Gasteiger partial charge < -0.3 is 0 Å². The molecule has 0 spiro atoms. The van der Waals surface area contributed by atoms with Crippen LogP contribution in [0, 0.1) is 0 Å². The zero-order valence-corrected chi connectivity index (χ0v) is 16.3. The molecule has 3 rings (SSSR count). The van der Waals surface area contributed by atoms with E-state index in [-0.39, 0.29) is 0 Å². The van der Waals surface area contributed by atoms with E-state index in [1.165, 1.54) is 0 Å². The average Bonchev–Trinajstić information content (AvgIpc) is 2.56. The molecule has 0 bridgehead atoms. The topological polar surface area (TPSA) is 12.9 Å². The first kappa shape index (κ1) is 18.1. The van der Waals surface area contributed by atoms with Crippen molar-refractivity contribution in [1.29, 1.82) is 0 Å². The second-order valence-corrected chi connectivity index (χ2v) is 7.28. The van der Waals surface area contributed by atoms with Crippen LogP contribution in [0.25, 0.3) is 22.3 Å². The predicted octanol–water partition coefficient (Wildman–Crippen LogP) is 8.34. The summed E-state index contributed by atoms with van der Waals surface area (Å²) in [5.74, 6) is 0. The fourth-order valence-electron chi connectivity index (χ4n) is 2.30. The van der Waals surface area contributed by atoms with Crippen LogP contribution in [0.15, 0.2) is 42.7 Å². The summed E-state index contributed by atoms with van der Waals surface area (Å²) in [4.78, 5) is 4.24. The van der Waals surface area contributed by atoms with E-state index in [9.17, 15) is 0 Å². The van der Waals surface area contributed by atoms with Crippen molar-refractivity contribution in [3.05, 3.63) is 72.9 Å². The third-order valence-electron chi connectivity index (χ3n) is 3.40. The lowest BCUT2D eigenvalue weighted by Gasteiger charge is -2.12. The lowest BCUT2D eigenvalue weighted by atomic mass is 10.0. The molecule has 0 aliphatic heterocycles.